The topological polar surface area (TPSA) is 50.7 Å². The highest BCUT2D eigenvalue weighted by molar-refractivity contribution is 8.04. The minimum Gasteiger partial charge on any atom is -0.389 e. The van der Waals surface area contributed by atoms with Gasteiger partial charge in [0.1, 0.15) is 0 Å². The zero-order valence-corrected chi connectivity index (χ0v) is 10.5. The minimum absolute atomic E-state index is 0.331. The summed E-state index contributed by atoms with van der Waals surface area (Å²) in [6.45, 7) is 1.40. The van der Waals surface area contributed by atoms with E-state index in [1.54, 1.807) is 0 Å². The van der Waals surface area contributed by atoms with Gasteiger partial charge in [-0.25, -0.2) is 9.79 Å². The zero-order valence-electron chi connectivity index (χ0n) is 9.68. The van der Waals surface area contributed by atoms with Gasteiger partial charge in [-0.1, -0.05) is 36.0 Å². The van der Waals surface area contributed by atoms with E-state index in [-0.39, 0.29) is 5.97 Å². The molecule has 1 aromatic rings. The molecule has 0 saturated heterocycles. The second kappa shape index (κ2) is 4.86. The monoisotopic (exact) mass is 260 g/mol. The predicted octanol–water partition coefficient (Wildman–Crippen LogP) is 1.72. The molecule has 92 valence electrons. The number of hydrogen-bond acceptors (Lipinski definition) is 5. The fourth-order valence-corrected chi connectivity index (χ4v) is 2.80. The molecule has 0 amide bonds. The molecular formula is C13H12N2O2S. The first kappa shape index (κ1) is 11.3. The van der Waals surface area contributed by atoms with Crippen molar-refractivity contribution >= 4 is 23.8 Å². The number of esters is 1. The number of amidine groups is 1. The van der Waals surface area contributed by atoms with Crippen LogP contribution < -0.4 is 5.32 Å². The molecule has 5 heteroatoms. The summed E-state index contributed by atoms with van der Waals surface area (Å²) in [5, 5.41) is 2.92. The van der Waals surface area contributed by atoms with Crippen molar-refractivity contribution in [2.24, 2.45) is 4.99 Å². The van der Waals surface area contributed by atoms with E-state index < -0.39 is 0 Å². The molecule has 0 spiro atoms. The summed E-state index contributed by atoms with van der Waals surface area (Å²) in [5.41, 5.74) is 1.25. The van der Waals surface area contributed by atoms with Crippen LogP contribution in [-0.2, 0) is 16.0 Å². The third-order valence-corrected chi connectivity index (χ3v) is 3.91. The fourth-order valence-electron chi connectivity index (χ4n) is 1.84. The lowest BCUT2D eigenvalue weighted by Gasteiger charge is -2.14. The molecule has 3 rings (SSSR count). The number of nitrogens with zero attached hydrogens (tertiary/aromatic N) is 1. The number of hydrogen-bond donors (Lipinski definition) is 1. The van der Waals surface area contributed by atoms with Gasteiger partial charge in [-0.15, -0.1) is 0 Å². The van der Waals surface area contributed by atoms with Crippen molar-refractivity contribution < 1.29 is 9.53 Å². The molecule has 1 aromatic carbocycles. The Kier molecular flexibility index (Phi) is 3.06. The Hall–Kier alpha value is -1.75. The summed E-state index contributed by atoms with van der Waals surface area (Å²) in [5.74, 6) is -0.331. The van der Waals surface area contributed by atoms with Crippen molar-refractivity contribution in [1.82, 2.24) is 5.32 Å². The van der Waals surface area contributed by atoms with E-state index in [0.717, 1.165) is 17.9 Å². The van der Waals surface area contributed by atoms with Crippen molar-refractivity contribution in [3.8, 4) is 0 Å². The molecule has 0 atom stereocenters. The van der Waals surface area contributed by atoms with Gasteiger partial charge in [0.05, 0.1) is 11.4 Å². The first-order valence-electron chi connectivity index (χ1n) is 5.79. The average Bonchev–Trinajstić information content (AvgIpc) is 2.91. The van der Waals surface area contributed by atoms with Gasteiger partial charge in [-0.2, -0.15) is 0 Å². The van der Waals surface area contributed by atoms with Gasteiger partial charge in [0.25, 0.3) is 6.02 Å². The van der Waals surface area contributed by atoms with E-state index in [1.165, 1.54) is 17.3 Å². The highest BCUT2D eigenvalue weighted by Gasteiger charge is 2.21. The smallest absolute Gasteiger partial charge is 0.352 e. The van der Waals surface area contributed by atoms with Gasteiger partial charge in [-0.05, 0) is 18.1 Å². The summed E-state index contributed by atoms with van der Waals surface area (Å²) in [6.07, 6.45) is 2.68. The summed E-state index contributed by atoms with van der Waals surface area (Å²) < 4.78 is 5.18. The maximum absolute atomic E-state index is 11.9. The van der Waals surface area contributed by atoms with Crippen LogP contribution in [0.2, 0.25) is 0 Å². The third kappa shape index (κ3) is 2.26. The van der Waals surface area contributed by atoms with Gasteiger partial charge < -0.3 is 10.1 Å². The second-order valence-electron chi connectivity index (χ2n) is 3.99. The molecule has 1 N–H and O–H groups in total. The average molecular weight is 260 g/mol. The van der Waals surface area contributed by atoms with Crippen LogP contribution in [0.3, 0.4) is 0 Å². The highest BCUT2D eigenvalue weighted by Crippen LogP contribution is 2.35. The first-order valence-corrected chi connectivity index (χ1v) is 6.61. The van der Waals surface area contributed by atoms with Crippen molar-refractivity contribution in [2.45, 2.75) is 11.3 Å². The standard InChI is InChI=1S/C13H12N2O2S/c16-12(17-13-14-7-8-15-13)11-6-5-9-3-1-2-4-10(9)18-11/h1-4,6H,5,7-8H2,(H,14,15). The van der Waals surface area contributed by atoms with E-state index in [0.29, 0.717) is 17.5 Å². The third-order valence-electron chi connectivity index (χ3n) is 2.73. The van der Waals surface area contributed by atoms with Crippen LogP contribution in [0.15, 0.2) is 45.1 Å². The molecule has 0 saturated carbocycles. The van der Waals surface area contributed by atoms with Crippen LogP contribution >= 0.6 is 11.8 Å². The number of carbonyl (C=O) groups excluding carboxylic acids is 1. The number of aliphatic imine (C=N–C) groups is 1. The Morgan fingerprint density at radius 3 is 3.11 bits per heavy atom. The molecule has 0 bridgehead atoms. The van der Waals surface area contributed by atoms with Gasteiger partial charge >= 0.3 is 5.97 Å². The molecule has 2 heterocycles. The van der Waals surface area contributed by atoms with Gasteiger partial charge in [0, 0.05) is 11.4 Å². The fraction of sp³-hybridized carbons (Fsp3) is 0.231. The summed E-state index contributed by atoms with van der Waals surface area (Å²) in [6, 6.07) is 8.41. The highest BCUT2D eigenvalue weighted by atomic mass is 32.2. The quantitative estimate of drug-likeness (QED) is 0.781. The number of ether oxygens (including phenoxy) is 1. The Morgan fingerprint density at radius 1 is 1.39 bits per heavy atom. The van der Waals surface area contributed by atoms with Gasteiger partial charge in [0.15, 0.2) is 0 Å². The number of thioether (sulfide) groups is 1. The summed E-state index contributed by atoms with van der Waals surface area (Å²) in [4.78, 5) is 17.7. The van der Waals surface area contributed by atoms with Crippen LogP contribution in [0.1, 0.15) is 5.56 Å². The molecule has 4 nitrogen and oxygen atoms in total. The van der Waals surface area contributed by atoms with Crippen LogP contribution in [0.4, 0.5) is 0 Å². The Labute approximate surface area is 109 Å². The molecule has 0 radical (unpaired) electrons. The minimum atomic E-state index is -0.331. The maximum atomic E-state index is 11.9. The second-order valence-corrected chi connectivity index (χ2v) is 5.07. The molecule has 0 unspecified atom stereocenters. The van der Waals surface area contributed by atoms with Crippen molar-refractivity contribution in [2.75, 3.05) is 13.1 Å². The lowest BCUT2D eigenvalue weighted by molar-refractivity contribution is -0.130. The Morgan fingerprint density at radius 2 is 2.28 bits per heavy atom. The molecule has 0 aliphatic carbocycles. The van der Waals surface area contributed by atoms with E-state index in [2.05, 4.69) is 16.4 Å². The zero-order chi connectivity index (χ0) is 12.4. The van der Waals surface area contributed by atoms with E-state index >= 15 is 0 Å². The van der Waals surface area contributed by atoms with Gasteiger partial charge in [-0.3, -0.25) is 0 Å². The van der Waals surface area contributed by atoms with Gasteiger partial charge in [0.2, 0.25) is 0 Å². The maximum Gasteiger partial charge on any atom is 0.352 e. The van der Waals surface area contributed by atoms with Crippen LogP contribution in [0.5, 0.6) is 0 Å². The van der Waals surface area contributed by atoms with Crippen LogP contribution in [0.25, 0.3) is 0 Å². The number of rotatable bonds is 1. The normalized spacial score (nSPS) is 17.3. The molecule has 18 heavy (non-hydrogen) atoms. The summed E-state index contributed by atoms with van der Waals surface area (Å²) >= 11 is 1.45. The molecule has 2 aliphatic heterocycles. The van der Waals surface area contributed by atoms with E-state index in [9.17, 15) is 4.79 Å². The first-order chi connectivity index (χ1) is 8.83. The van der Waals surface area contributed by atoms with Crippen LogP contribution in [-0.4, -0.2) is 25.1 Å². The summed E-state index contributed by atoms with van der Waals surface area (Å²) in [7, 11) is 0. The molecule has 0 aromatic heterocycles. The lowest BCUT2D eigenvalue weighted by Crippen LogP contribution is -2.25. The number of allylic oxidation sites excluding steroid dienone is 1. The molecule has 2 aliphatic rings. The number of carbonyl (C=O) groups is 1. The van der Waals surface area contributed by atoms with Crippen molar-refractivity contribution in [1.29, 1.82) is 0 Å². The SMILES string of the molecule is O=C(OC1=NCCN1)C1=CCc2ccccc2S1. The number of fused-ring (bicyclic) bond motifs is 1. The van der Waals surface area contributed by atoms with E-state index in [1.807, 2.05) is 24.3 Å². The number of nitrogens with one attached hydrogen (secondary N) is 1. The van der Waals surface area contributed by atoms with Crippen molar-refractivity contribution in [3.05, 3.63) is 40.8 Å². The van der Waals surface area contributed by atoms with E-state index in [4.69, 9.17) is 4.74 Å². The molecular weight excluding hydrogens is 248 g/mol. The predicted molar refractivity (Wildman–Crippen MR) is 70.5 cm³/mol. The molecule has 0 fully saturated rings. The Bertz CT molecular complexity index is 552. The van der Waals surface area contributed by atoms with Crippen molar-refractivity contribution in [3.63, 3.8) is 0 Å². The Balaban J connectivity index is 1.71. The lowest BCUT2D eigenvalue weighted by atomic mass is 10.1. The number of benzene rings is 1. The van der Waals surface area contributed by atoms with Crippen LogP contribution in [0, 0.1) is 0 Å². The largest absolute Gasteiger partial charge is 0.389 e.